The van der Waals surface area contributed by atoms with Gasteiger partial charge in [0.25, 0.3) is 0 Å². The van der Waals surface area contributed by atoms with Crippen LogP contribution in [0.15, 0.2) is 47.4 Å². The Kier molecular flexibility index (Phi) is 6.96. The summed E-state index contributed by atoms with van der Waals surface area (Å²) in [4.78, 5) is 14.7. The fourth-order valence-corrected chi connectivity index (χ4v) is 4.69. The molecule has 2 aromatic rings. The predicted molar refractivity (Wildman–Crippen MR) is 115 cm³/mol. The molecule has 8 nitrogen and oxygen atoms in total. The van der Waals surface area contributed by atoms with Crippen molar-refractivity contribution in [1.29, 1.82) is 0 Å². The lowest BCUT2D eigenvalue weighted by Crippen LogP contribution is -2.46. The van der Waals surface area contributed by atoms with Gasteiger partial charge in [-0.3, -0.25) is 4.79 Å². The Morgan fingerprint density at radius 2 is 1.60 bits per heavy atom. The van der Waals surface area contributed by atoms with E-state index in [4.69, 9.17) is 9.47 Å². The minimum Gasteiger partial charge on any atom is -0.493 e. The van der Waals surface area contributed by atoms with Gasteiger partial charge in [0, 0.05) is 31.9 Å². The zero-order valence-corrected chi connectivity index (χ0v) is 18.2. The molecule has 1 fully saturated rings. The van der Waals surface area contributed by atoms with Crippen LogP contribution in [0.4, 0.5) is 5.69 Å². The third-order valence-corrected chi connectivity index (χ3v) is 6.96. The molecule has 30 heavy (non-hydrogen) atoms. The molecule has 1 N–H and O–H groups in total. The number of piperazine rings is 1. The van der Waals surface area contributed by atoms with Crippen molar-refractivity contribution in [3.63, 3.8) is 0 Å². The third kappa shape index (κ3) is 5.10. The van der Waals surface area contributed by atoms with Crippen molar-refractivity contribution in [2.75, 3.05) is 52.8 Å². The van der Waals surface area contributed by atoms with Gasteiger partial charge in [-0.1, -0.05) is 6.07 Å². The summed E-state index contributed by atoms with van der Waals surface area (Å²) in [6.45, 7) is 2.37. The maximum Gasteiger partial charge on any atom is 0.243 e. The van der Waals surface area contributed by atoms with Crippen LogP contribution in [0.5, 0.6) is 11.5 Å². The molecule has 0 aliphatic carbocycles. The normalized spacial score (nSPS) is 15.6. The van der Waals surface area contributed by atoms with E-state index >= 15 is 0 Å². The molecule has 1 saturated heterocycles. The van der Waals surface area contributed by atoms with Gasteiger partial charge < -0.3 is 19.7 Å². The van der Waals surface area contributed by atoms with E-state index in [0.717, 1.165) is 5.56 Å². The maximum absolute atomic E-state index is 12.8. The lowest BCUT2D eigenvalue weighted by Gasteiger charge is -2.31. The number of methoxy groups -OCH3 is 2. The van der Waals surface area contributed by atoms with Crippen LogP contribution in [0.1, 0.15) is 5.56 Å². The molecular weight excluding hydrogens is 406 g/mol. The Morgan fingerprint density at radius 1 is 0.967 bits per heavy atom. The first-order chi connectivity index (χ1) is 14.3. The van der Waals surface area contributed by atoms with Gasteiger partial charge in [-0.05, 0) is 49.0 Å². The lowest BCUT2D eigenvalue weighted by atomic mass is 10.1. The largest absolute Gasteiger partial charge is 0.493 e. The maximum atomic E-state index is 12.8. The van der Waals surface area contributed by atoms with Crippen LogP contribution in [-0.2, 0) is 21.2 Å². The first kappa shape index (κ1) is 22.1. The summed E-state index contributed by atoms with van der Waals surface area (Å²) < 4.78 is 37.5. The second kappa shape index (κ2) is 9.46. The highest BCUT2D eigenvalue weighted by molar-refractivity contribution is 7.89. The van der Waals surface area contributed by atoms with E-state index < -0.39 is 10.0 Å². The molecule has 3 rings (SSSR count). The van der Waals surface area contributed by atoms with Crippen molar-refractivity contribution in [2.24, 2.45) is 0 Å². The molecule has 1 aliphatic heterocycles. The number of nitrogens with zero attached hydrogens (tertiary/aromatic N) is 2. The average Bonchev–Trinajstić information content (AvgIpc) is 2.74. The van der Waals surface area contributed by atoms with E-state index in [-0.39, 0.29) is 17.2 Å². The fourth-order valence-electron chi connectivity index (χ4n) is 3.27. The quantitative estimate of drug-likeness (QED) is 0.717. The monoisotopic (exact) mass is 433 g/mol. The topological polar surface area (TPSA) is 88.2 Å². The van der Waals surface area contributed by atoms with Crippen molar-refractivity contribution in [3.8, 4) is 11.5 Å². The summed E-state index contributed by atoms with van der Waals surface area (Å²) in [6, 6.07) is 11.6. The van der Waals surface area contributed by atoms with Crippen LogP contribution >= 0.6 is 0 Å². The van der Waals surface area contributed by atoms with Crippen molar-refractivity contribution < 1.29 is 22.7 Å². The van der Waals surface area contributed by atoms with E-state index in [1.165, 1.54) is 16.4 Å². The van der Waals surface area contributed by atoms with Crippen LogP contribution in [0, 0.1) is 0 Å². The van der Waals surface area contributed by atoms with E-state index in [9.17, 15) is 13.2 Å². The van der Waals surface area contributed by atoms with Crippen LogP contribution in [-0.4, -0.2) is 71.0 Å². The van der Waals surface area contributed by atoms with Gasteiger partial charge in [-0.25, -0.2) is 8.42 Å². The van der Waals surface area contributed by atoms with Crippen molar-refractivity contribution in [2.45, 2.75) is 11.3 Å². The van der Waals surface area contributed by atoms with E-state index in [1.807, 2.05) is 7.05 Å². The van der Waals surface area contributed by atoms with Crippen molar-refractivity contribution in [3.05, 3.63) is 48.0 Å². The molecule has 0 radical (unpaired) electrons. The molecule has 0 spiro atoms. The number of nitrogens with one attached hydrogen (secondary N) is 1. The molecule has 1 aliphatic rings. The molecule has 2 aromatic carbocycles. The number of hydrogen-bond acceptors (Lipinski definition) is 6. The zero-order valence-electron chi connectivity index (χ0n) is 17.4. The first-order valence-electron chi connectivity index (χ1n) is 9.63. The number of carbonyl (C=O) groups is 1. The summed E-state index contributed by atoms with van der Waals surface area (Å²) >= 11 is 0. The van der Waals surface area contributed by atoms with Gasteiger partial charge in [0.05, 0.1) is 25.5 Å². The minimum absolute atomic E-state index is 0.154. The number of sulfonamides is 1. The molecule has 0 saturated carbocycles. The third-order valence-electron chi connectivity index (χ3n) is 5.05. The second-order valence-corrected chi connectivity index (χ2v) is 9.08. The molecule has 1 amide bonds. The minimum atomic E-state index is -3.53. The summed E-state index contributed by atoms with van der Waals surface area (Å²) in [5.41, 5.74) is 1.32. The molecule has 1 heterocycles. The second-order valence-electron chi connectivity index (χ2n) is 7.15. The van der Waals surface area contributed by atoms with Crippen molar-refractivity contribution >= 4 is 21.6 Å². The summed E-state index contributed by atoms with van der Waals surface area (Å²) in [6.07, 6.45) is 0.154. The number of benzene rings is 2. The number of amides is 1. The molecule has 9 heteroatoms. The number of anilines is 1. The van der Waals surface area contributed by atoms with Crippen LogP contribution < -0.4 is 14.8 Å². The van der Waals surface area contributed by atoms with Gasteiger partial charge in [0.15, 0.2) is 11.5 Å². The summed E-state index contributed by atoms with van der Waals surface area (Å²) in [7, 11) is 1.54. The molecule has 0 bridgehead atoms. The van der Waals surface area contributed by atoms with Gasteiger partial charge >= 0.3 is 0 Å². The summed E-state index contributed by atoms with van der Waals surface area (Å²) in [5, 5.41) is 2.79. The Bertz CT molecular complexity index is 984. The predicted octanol–water partition coefficient (Wildman–Crippen LogP) is 1.82. The number of rotatable bonds is 7. The van der Waals surface area contributed by atoms with Crippen molar-refractivity contribution in [1.82, 2.24) is 9.21 Å². The SMILES string of the molecule is COc1ccc(CC(=O)Nc2ccc(S(=O)(=O)N3CCN(C)CC3)cc2)cc1OC. The standard InChI is InChI=1S/C21H27N3O5S/c1-23-10-12-24(13-11-23)30(26,27)18-7-5-17(6-8-18)22-21(25)15-16-4-9-19(28-2)20(14-16)29-3/h4-9,14H,10-13,15H2,1-3H3,(H,22,25). The molecule has 0 atom stereocenters. The van der Waals surface area contributed by atoms with E-state index in [1.54, 1.807) is 44.6 Å². The Balaban J connectivity index is 1.63. The van der Waals surface area contributed by atoms with Gasteiger partial charge in [0.2, 0.25) is 15.9 Å². The van der Waals surface area contributed by atoms with Crippen LogP contribution in [0.25, 0.3) is 0 Å². The molecule has 0 aromatic heterocycles. The lowest BCUT2D eigenvalue weighted by molar-refractivity contribution is -0.115. The highest BCUT2D eigenvalue weighted by Gasteiger charge is 2.27. The van der Waals surface area contributed by atoms with E-state index in [0.29, 0.717) is 43.4 Å². The molecular formula is C21H27N3O5S. The molecule has 162 valence electrons. The highest BCUT2D eigenvalue weighted by Crippen LogP contribution is 2.28. The number of hydrogen-bond donors (Lipinski definition) is 1. The zero-order chi connectivity index (χ0) is 21.7. The first-order valence-corrected chi connectivity index (χ1v) is 11.1. The smallest absolute Gasteiger partial charge is 0.243 e. The Hall–Kier alpha value is -2.62. The van der Waals surface area contributed by atoms with Gasteiger partial charge in [-0.2, -0.15) is 4.31 Å². The number of ether oxygens (including phenoxy) is 2. The number of carbonyl (C=O) groups excluding carboxylic acids is 1. The van der Waals surface area contributed by atoms with Gasteiger partial charge in [0.1, 0.15) is 0 Å². The van der Waals surface area contributed by atoms with E-state index in [2.05, 4.69) is 10.2 Å². The average molecular weight is 434 g/mol. The Labute approximate surface area is 177 Å². The summed E-state index contributed by atoms with van der Waals surface area (Å²) in [5.74, 6) is 0.942. The highest BCUT2D eigenvalue weighted by atomic mass is 32.2. The number of likely N-dealkylation sites (N-methyl/N-ethyl adjacent to an activating group) is 1. The van der Waals surface area contributed by atoms with Crippen LogP contribution in [0.3, 0.4) is 0 Å². The van der Waals surface area contributed by atoms with Gasteiger partial charge in [-0.15, -0.1) is 0 Å². The van der Waals surface area contributed by atoms with Crippen LogP contribution in [0.2, 0.25) is 0 Å². The Morgan fingerprint density at radius 3 is 2.20 bits per heavy atom. The fraction of sp³-hybridized carbons (Fsp3) is 0.381. The molecule has 0 unspecified atom stereocenters.